The van der Waals surface area contributed by atoms with E-state index in [1.165, 1.54) is 0 Å². The second-order valence-corrected chi connectivity index (χ2v) is 5.51. The molecule has 0 aliphatic heterocycles. The van der Waals surface area contributed by atoms with Crippen LogP contribution in [0.25, 0.3) is 0 Å². The van der Waals surface area contributed by atoms with Gasteiger partial charge in [-0.1, -0.05) is 29.3 Å². The van der Waals surface area contributed by atoms with E-state index in [2.05, 4.69) is 5.32 Å². The van der Waals surface area contributed by atoms with Crippen molar-refractivity contribution in [1.29, 1.82) is 0 Å². The highest BCUT2D eigenvalue weighted by molar-refractivity contribution is 6.43. The summed E-state index contributed by atoms with van der Waals surface area (Å²) in [4.78, 5) is 12.2. The van der Waals surface area contributed by atoms with E-state index in [1.807, 2.05) is 31.5 Å². The van der Waals surface area contributed by atoms with Gasteiger partial charge in [-0.3, -0.25) is 4.79 Å². The molecule has 0 saturated heterocycles. The Morgan fingerprint density at radius 2 is 2.00 bits per heavy atom. The van der Waals surface area contributed by atoms with E-state index in [0.717, 1.165) is 17.0 Å². The number of ketones is 1. The predicted octanol–water partition coefficient (Wildman–Crippen LogP) is 4.24. The highest BCUT2D eigenvalue weighted by atomic mass is 35.5. The monoisotopic (exact) mass is 310 g/mol. The predicted molar refractivity (Wildman–Crippen MR) is 84.2 cm³/mol. The maximum absolute atomic E-state index is 12.2. The molecule has 0 radical (unpaired) electrons. The number of halogens is 2. The number of benzene rings is 1. The minimum atomic E-state index is 0.0299. The van der Waals surface area contributed by atoms with Crippen molar-refractivity contribution in [2.24, 2.45) is 7.05 Å². The number of nitrogens with one attached hydrogen (secondary N) is 1. The van der Waals surface area contributed by atoms with E-state index in [4.69, 9.17) is 23.2 Å². The summed E-state index contributed by atoms with van der Waals surface area (Å²) in [5.41, 5.74) is 3.42. The van der Waals surface area contributed by atoms with E-state index in [-0.39, 0.29) is 12.3 Å². The van der Waals surface area contributed by atoms with Gasteiger partial charge in [0.05, 0.1) is 22.3 Å². The zero-order valence-corrected chi connectivity index (χ0v) is 13.1. The van der Waals surface area contributed by atoms with E-state index in [9.17, 15) is 4.79 Å². The fourth-order valence-corrected chi connectivity index (χ4v) is 2.42. The van der Waals surface area contributed by atoms with Crippen molar-refractivity contribution in [3.63, 3.8) is 0 Å². The number of aromatic nitrogens is 1. The Labute approximate surface area is 128 Å². The molecule has 3 nitrogen and oxygen atoms in total. The molecule has 0 fully saturated rings. The summed E-state index contributed by atoms with van der Waals surface area (Å²) < 4.78 is 2.00. The van der Waals surface area contributed by atoms with Crippen LogP contribution in [0.3, 0.4) is 0 Å². The summed E-state index contributed by atoms with van der Waals surface area (Å²) in [6.45, 7) is 4.10. The van der Waals surface area contributed by atoms with Crippen LogP contribution in [0.1, 0.15) is 21.7 Å². The van der Waals surface area contributed by atoms with E-state index >= 15 is 0 Å². The van der Waals surface area contributed by atoms with Gasteiger partial charge in [-0.25, -0.2) is 0 Å². The molecule has 0 aliphatic rings. The fourth-order valence-electron chi connectivity index (χ4n) is 2.05. The lowest BCUT2D eigenvalue weighted by Crippen LogP contribution is -2.15. The number of nitrogens with zero attached hydrogens (tertiary/aromatic N) is 1. The van der Waals surface area contributed by atoms with E-state index in [0.29, 0.717) is 15.7 Å². The molecule has 0 atom stereocenters. The molecule has 0 amide bonds. The first kappa shape index (κ1) is 14.9. The SMILES string of the molecule is Cc1cc(C(=O)CNc2cccc(Cl)c2Cl)c(C)n1C. The number of hydrogen-bond donors (Lipinski definition) is 1. The molecule has 2 aromatic rings. The highest BCUT2D eigenvalue weighted by Gasteiger charge is 2.14. The molecule has 1 aromatic carbocycles. The molecule has 0 unspecified atom stereocenters. The van der Waals surface area contributed by atoms with Gasteiger partial charge in [-0.2, -0.15) is 0 Å². The highest BCUT2D eigenvalue weighted by Crippen LogP contribution is 2.29. The quantitative estimate of drug-likeness (QED) is 0.857. The van der Waals surface area contributed by atoms with E-state index in [1.54, 1.807) is 18.2 Å². The molecule has 2 rings (SSSR count). The van der Waals surface area contributed by atoms with E-state index < -0.39 is 0 Å². The lowest BCUT2D eigenvalue weighted by molar-refractivity contribution is 0.101. The summed E-state index contributed by atoms with van der Waals surface area (Å²) in [5, 5.41) is 3.93. The summed E-state index contributed by atoms with van der Waals surface area (Å²) in [6, 6.07) is 7.20. The van der Waals surface area contributed by atoms with Gasteiger partial charge in [0.15, 0.2) is 5.78 Å². The van der Waals surface area contributed by atoms with Crippen LogP contribution in [-0.4, -0.2) is 16.9 Å². The van der Waals surface area contributed by atoms with Crippen molar-refractivity contribution in [3.05, 3.63) is 51.3 Å². The Morgan fingerprint density at radius 3 is 2.60 bits per heavy atom. The van der Waals surface area contributed by atoms with Crippen LogP contribution < -0.4 is 5.32 Å². The second-order valence-electron chi connectivity index (χ2n) is 4.72. The van der Waals surface area contributed by atoms with Gasteiger partial charge in [0.2, 0.25) is 0 Å². The van der Waals surface area contributed by atoms with Crippen LogP contribution in [0.15, 0.2) is 24.3 Å². The first-order valence-electron chi connectivity index (χ1n) is 6.25. The summed E-state index contributed by atoms with van der Waals surface area (Å²) in [6.07, 6.45) is 0. The molecule has 106 valence electrons. The molecule has 1 N–H and O–H groups in total. The van der Waals surface area contributed by atoms with Crippen molar-refractivity contribution in [2.45, 2.75) is 13.8 Å². The Morgan fingerprint density at radius 1 is 1.30 bits per heavy atom. The standard InChI is InChI=1S/C15H16Cl2N2O/c1-9-7-11(10(2)19(9)3)14(20)8-18-13-6-4-5-12(16)15(13)17/h4-7,18H,8H2,1-3H3. The number of anilines is 1. The molecule has 20 heavy (non-hydrogen) atoms. The second kappa shape index (κ2) is 5.90. The third-order valence-electron chi connectivity index (χ3n) is 3.47. The molecular formula is C15H16Cl2N2O. The molecule has 1 heterocycles. The van der Waals surface area contributed by atoms with Gasteiger partial charge < -0.3 is 9.88 Å². The van der Waals surface area contributed by atoms with Crippen molar-refractivity contribution in [3.8, 4) is 0 Å². The lowest BCUT2D eigenvalue weighted by atomic mass is 10.1. The average molecular weight is 311 g/mol. The van der Waals surface area contributed by atoms with Crippen molar-refractivity contribution >= 4 is 34.7 Å². The topological polar surface area (TPSA) is 34.0 Å². The third-order valence-corrected chi connectivity index (χ3v) is 4.29. The molecule has 0 bridgehead atoms. The van der Waals surface area contributed by atoms with Gasteiger partial charge in [0, 0.05) is 24.0 Å². The van der Waals surface area contributed by atoms with Crippen LogP contribution in [0, 0.1) is 13.8 Å². The number of carbonyl (C=O) groups excluding carboxylic acids is 1. The minimum absolute atomic E-state index is 0.0299. The van der Waals surface area contributed by atoms with Crippen LogP contribution >= 0.6 is 23.2 Å². The molecular weight excluding hydrogens is 295 g/mol. The lowest BCUT2D eigenvalue weighted by Gasteiger charge is -2.08. The van der Waals surface area contributed by atoms with Crippen molar-refractivity contribution in [1.82, 2.24) is 4.57 Å². The first-order chi connectivity index (χ1) is 9.41. The average Bonchev–Trinajstić information content (AvgIpc) is 2.68. The largest absolute Gasteiger partial charge is 0.376 e. The molecule has 0 spiro atoms. The molecule has 0 saturated carbocycles. The number of hydrogen-bond acceptors (Lipinski definition) is 2. The Balaban J connectivity index is 2.13. The van der Waals surface area contributed by atoms with Crippen LogP contribution in [0.4, 0.5) is 5.69 Å². The van der Waals surface area contributed by atoms with Crippen molar-refractivity contribution < 1.29 is 4.79 Å². The normalized spacial score (nSPS) is 10.7. The number of Topliss-reactive ketones (excluding diaryl/α,β-unsaturated/α-hetero) is 1. The zero-order chi connectivity index (χ0) is 14.9. The van der Waals surface area contributed by atoms with Gasteiger partial charge in [0.25, 0.3) is 0 Å². The molecule has 5 heteroatoms. The number of carbonyl (C=O) groups is 1. The Kier molecular flexibility index (Phi) is 4.41. The van der Waals surface area contributed by atoms with Gasteiger partial charge >= 0.3 is 0 Å². The van der Waals surface area contributed by atoms with Gasteiger partial charge in [-0.15, -0.1) is 0 Å². The smallest absolute Gasteiger partial charge is 0.183 e. The minimum Gasteiger partial charge on any atom is -0.376 e. The van der Waals surface area contributed by atoms with Gasteiger partial charge in [-0.05, 0) is 32.0 Å². The number of rotatable bonds is 4. The Hall–Kier alpha value is -1.45. The number of aryl methyl sites for hydroxylation is 1. The van der Waals surface area contributed by atoms with Crippen LogP contribution in [-0.2, 0) is 7.05 Å². The maximum Gasteiger partial charge on any atom is 0.183 e. The van der Waals surface area contributed by atoms with Crippen LogP contribution in [0.5, 0.6) is 0 Å². The third kappa shape index (κ3) is 2.84. The van der Waals surface area contributed by atoms with Crippen LogP contribution in [0.2, 0.25) is 10.0 Å². The summed E-state index contributed by atoms with van der Waals surface area (Å²) in [5.74, 6) is 0.0299. The maximum atomic E-state index is 12.2. The fraction of sp³-hybridized carbons (Fsp3) is 0.267. The molecule has 0 aliphatic carbocycles. The molecule has 1 aromatic heterocycles. The zero-order valence-electron chi connectivity index (χ0n) is 11.6. The van der Waals surface area contributed by atoms with Gasteiger partial charge in [0.1, 0.15) is 0 Å². The Bertz CT molecular complexity index is 662. The first-order valence-corrected chi connectivity index (χ1v) is 7.01. The summed E-state index contributed by atoms with van der Waals surface area (Å²) in [7, 11) is 1.95. The van der Waals surface area contributed by atoms with Crippen molar-refractivity contribution in [2.75, 3.05) is 11.9 Å². The summed E-state index contributed by atoms with van der Waals surface area (Å²) >= 11 is 12.0.